The predicted octanol–water partition coefficient (Wildman–Crippen LogP) is 1.02. The van der Waals surface area contributed by atoms with E-state index in [9.17, 15) is 22.8 Å². The van der Waals surface area contributed by atoms with Crippen LogP contribution in [0.2, 0.25) is 0 Å². The van der Waals surface area contributed by atoms with Crippen LogP contribution in [0.15, 0.2) is 53.4 Å². The van der Waals surface area contributed by atoms with E-state index in [0.29, 0.717) is 11.1 Å². The first-order valence-electron chi connectivity index (χ1n) is 7.80. The highest BCUT2D eigenvalue weighted by molar-refractivity contribution is 7.90. The molecule has 0 aliphatic heterocycles. The Hall–Kier alpha value is -3.20. The molecule has 0 atom stereocenters. The van der Waals surface area contributed by atoms with Gasteiger partial charge in [0.25, 0.3) is 11.8 Å². The normalized spacial score (nSPS) is 10.7. The lowest BCUT2D eigenvalue weighted by Gasteiger charge is -2.10. The van der Waals surface area contributed by atoms with E-state index in [1.54, 1.807) is 37.3 Å². The lowest BCUT2D eigenvalue weighted by atomic mass is 10.1. The first kappa shape index (κ1) is 20.1. The van der Waals surface area contributed by atoms with Gasteiger partial charge in [0.15, 0.2) is 16.4 Å². The number of esters is 1. The molecule has 0 saturated carbocycles. The van der Waals surface area contributed by atoms with Crippen LogP contribution < -0.4 is 10.9 Å². The average Bonchev–Trinajstić information content (AvgIpc) is 2.64. The van der Waals surface area contributed by atoms with E-state index >= 15 is 0 Å². The number of sulfone groups is 1. The Kier molecular flexibility index (Phi) is 6.30. The summed E-state index contributed by atoms with van der Waals surface area (Å²) in [7, 11) is -3.49. The van der Waals surface area contributed by atoms with Crippen LogP contribution in [0.1, 0.15) is 26.3 Å². The molecule has 0 bridgehead atoms. The average molecular weight is 390 g/mol. The second kappa shape index (κ2) is 8.45. The summed E-state index contributed by atoms with van der Waals surface area (Å²) in [6.07, 6.45) is 1.02. The number of nitrogens with one attached hydrogen (secondary N) is 2. The van der Waals surface area contributed by atoms with Crippen LogP contribution in [0.5, 0.6) is 0 Å². The van der Waals surface area contributed by atoms with Crippen LogP contribution >= 0.6 is 0 Å². The van der Waals surface area contributed by atoms with Gasteiger partial charge in [0.2, 0.25) is 0 Å². The van der Waals surface area contributed by atoms with Crippen LogP contribution in [-0.2, 0) is 19.4 Å². The topological polar surface area (TPSA) is 119 Å². The van der Waals surface area contributed by atoms with Crippen molar-refractivity contribution in [1.82, 2.24) is 10.9 Å². The Morgan fingerprint density at radius 1 is 1.00 bits per heavy atom. The fourth-order valence-electron chi connectivity index (χ4n) is 2.08. The smallest absolute Gasteiger partial charge is 0.338 e. The van der Waals surface area contributed by atoms with Crippen LogP contribution in [0, 0.1) is 6.92 Å². The second-order valence-corrected chi connectivity index (χ2v) is 7.71. The second-order valence-electron chi connectivity index (χ2n) is 5.69. The van der Waals surface area contributed by atoms with Crippen LogP contribution in [0.3, 0.4) is 0 Å². The number of rotatable bonds is 5. The van der Waals surface area contributed by atoms with Crippen molar-refractivity contribution in [2.24, 2.45) is 0 Å². The zero-order valence-corrected chi connectivity index (χ0v) is 15.5. The van der Waals surface area contributed by atoms with Gasteiger partial charge in [-0.3, -0.25) is 20.4 Å². The molecular weight excluding hydrogens is 372 g/mol. The summed E-state index contributed by atoms with van der Waals surface area (Å²) < 4.78 is 28.1. The number of amides is 2. The number of ether oxygens (including phenoxy) is 1. The van der Waals surface area contributed by atoms with Crippen molar-refractivity contribution in [3.8, 4) is 0 Å². The summed E-state index contributed by atoms with van der Waals surface area (Å²) in [5, 5.41) is 0. The van der Waals surface area contributed by atoms with Crippen LogP contribution in [0.4, 0.5) is 0 Å². The maximum Gasteiger partial charge on any atom is 0.338 e. The maximum atomic E-state index is 12.1. The van der Waals surface area contributed by atoms with Gasteiger partial charge in [0.05, 0.1) is 10.5 Å². The fraction of sp³-hybridized carbons (Fsp3) is 0.167. The SMILES string of the molecule is Cc1ccc(S(C)(=O)=O)cc1C(=O)OCC(=O)NNC(=O)c1ccccc1. The van der Waals surface area contributed by atoms with E-state index in [1.807, 2.05) is 0 Å². The summed E-state index contributed by atoms with van der Waals surface area (Å²) in [5.74, 6) is -2.11. The van der Waals surface area contributed by atoms with Crippen molar-refractivity contribution < 1.29 is 27.5 Å². The highest BCUT2D eigenvalue weighted by Crippen LogP contribution is 2.16. The number of aryl methyl sites for hydroxylation is 1. The lowest BCUT2D eigenvalue weighted by molar-refractivity contribution is -0.125. The van der Waals surface area contributed by atoms with Gasteiger partial charge in [-0.1, -0.05) is 24.3 Å². The zero-order chi connectivity index (χ0) is 20.0. The molecule has 0 aliphatic carbocycles. The molecule has 0 fully saturated rings. The molecule has 2 rings (SSSR count). The molecule has 0 spiro atoms. The van der Waals surface area contributed by atoms with E-state index in [0.717, 1.165) is 6.26 Å². The Morgan fingerprint density at radius 2 is 1.67 bits per heavy atom. The molecule has 0 unspecified atom stereocenters. The molecular formula is C18H18N2O6S. The van der Waals surface area contributed by atoms with Gasteiger partial charge in [-0.15, -0.1) is 0 Å². The molecule has 0 aliphatic rings. The van der Waals surface area contributed by atoms with Gasteiger partial charge in [-0.25, -0.2) is 13.2 Å². The number of benzene rings is 2. The van der Waals surface area contributed by atoms with E-state index in [2.05, 4.69) is 10.9 Å². The molecule has 27 heavy (non-hydrogen) atoms. The zero-order valence-electron chi connectivity index (χ0n) is 14.7. The molecule has 2 aromatic rings. The molecule has 9 heteroatoms. The Bertz CT molecular complexity index is 971. The lowest BCUT2D eigenvalue weighted by Crippen LogP contribution is -2.43. The summed E-state index contributed by atoms with van der Waals surface area (Å²) in [5.41, 5.74) is 5.22. The van der Waals surface area contributed by atoms with Gasteiger partial charge < -0.3 is 4.74 Å². The Morgan fingerprint density at radius 3 is 2.30 bits per heavy atom. The van der Waals surface area contributed by atoms with Crippen molar-refractivity contribution in [1.29, 1.82) is 0 Å². The molecule has 2 amide bonds. The Balaban J connectivity index is 1.92. The summed E-state index contributed by atoms with van der Waals surface area (Å²) in [6, 6.07) is 12.3. The van der Waals surface area contributed by atoms with Crippen molar-refractivity contribution in [2.45, 2.75) is 11.8 Å². The standard InChI is InChI=1S/C18H18N2O6S/c1-12-8-9-14(27(2,24)25)10-15(12)18(23)26-11-16(21)19-20-17(22)13-6-4-3-5-7-13/h3-10H,11H2,1-2H3,(H,19,21)(H,20,22). The molecule has 0 aromatic heterocycles. The highest BCUT2D eigenvalue weighted by Gasteiger charge is 2.17. The number of carbonyl (C=O) groups excluding carboxylic acids is 3. The first-order chi connectivity index (χ1) is 12.7. The fourth-order valence-corrected chi connectivity index (χ4v) is 2.73. The third kappa shape index (κ3) is 5.65. The molecule has 0 radical (unpaired) electrons. The molecule has 142 valence electrons. The van der Waals surface area contributed by atoms with Gasteiger partial charge in [-0.05, 0) is 36.8 Å². The van der Waals surface area contributed by atoms with Crippen molar-refractivity contribution in [3.05, 3.63) is 65.2 Å². The first-order valence-corrected chi connectivity index (χ1v) is 9.69. The largest absolute Gasteiger partial charge is 0.452 e. The predicted molar refractivity (Wildman–Crippen MR) is 96.6 cm³/mol. The van der Waals surface area contributed by atoms with Crippen LogP contribution in [0.25, 0.3) is 0 Å². The van der Waals surface area contributed by atoms with E-state index < -0.39 is 34.2 Å². The third-order valence-electron chi connectivity index (χ3n) is 3.54. The summed E-state index contributed by atoms with van der Waals surface area (Å²) in [6.45, 7) is 0.971. The molecule has 8 nitrogen and oxygen atoms in total. The quantitative estimate of drug-likeness (QED) is 0.581. The maximum absolute atomic E-state index is 12.1. The molecule has 2 N–H and O–H groups in total. The van der Waals surface area contributed by atoms with Gasteiger partial charge in [0.1, 0.15) is 0 Å². The molecule has 0 heterocycles. The van der Waals surface area contributed by atoms with E-state index in [-0.39, 0.29) is 10.5 Å². The van der Waals surface area contributed by atoms with Crippen molar-refractivity contribution >= 4 is 27.6 Å². The minimum absolute atomic E-state index is 0.0281. The number of hydrazine groups is 1. The van der Waals surface area contributed by atoms with Gasteiger partial charge >= 0.3 is 5.97 Å². The third-order valence-corrected chi connectivity index (χ3v) is 4.65. The van der Waals surface area contributed by atoms with Gasteiger partial charge in [0, 0.05) is 11.8 Å². The van der Waals surface area contributed by atoms with Crippen molar-refractivity contribution in [2.75, 3.05) is 12.9 Å². The summed E-state index contributed by atoms with van der Waals surface area (Å²) in [4.78, 5) is 35.6. The van der Waals surface area contributed by atoms with Crippen LogP contribution in [-0.4, -0.2) is 39.1 Å². The van der Waals surface area contributed by atoms with Gasteiger partial charge in [-0.2, -0.15) is 0 Å². The van der Waals surface area contributed by atoms with E-state index in [1.165, 1.54) is 18.2 Å². The minimum atomic E-state index is -3.49. The molecule has 0 saturated heterocycles. The Labute approximate surface area is 156 Å². The van der Waals surface area contributed by atoms with E-state index in [4.69, 9.17) is 4.74 Å². The number of carbonyl (C=O) groups is 3. The molecule has 2 aromatic carbocycles. The van der Waals surface area contributed by atoms with Crippen molar-refractivity contribution in [3.63, 3.8) is 0 Å². The number of hydrogen-bond acceptors (Lipinski definition) is 6. The number of hydrogen-bond donors (Lipinski definition) is 2. The summed E-state index contributed by atoms with van der Waals surface area (Å²) >= 11 is 0. The monoisotopic (exact) mass is 390 g/mol. The highest BCUT2D eigenvalue weighted by atomic mass is 32.2. The minimum Gasteiger partial charge on any atom is -0.452 e.